The number of carbonyl (C=O) groups excluding carboxylic acids is 3. The van der Waals surface area contributed by atoms with Gasteiger partial charge in [0.25, 0.3) is 5.78 Å². The normalized spacial score (nSPS) is 25.9. The summed E-state index contributed by atoms with van der Waals surface area (Å²) >= 11 is 0. The van der Waals surface area contributed by atoms with Crippen molar-refractivity contribution in [1.29, 1.82) is 0 Å². The molecule has 0 bridgehead atoms. The summed E-state index contributed by atoms with van der Waals surface area (Å²) in [5.41, 5.74) is 0. The molecule has 0 radical (unpaired) electrons. The number of ketones is 3. The van der Waals surface area contributed by atoms with Crippen LogP contribution in [0.1, 0.15) is 0 Å². The van der Waals surface area contributed by atoms with Crippen LogP contribution in [-0.2, 0) is 19.1 Å². The van der Waals surface area contributed by atoms with Gasteiger partial charge in [-0.25, -0.2) is 0 Å². The molecule has 1 aliphatic rings. The average Bonchev–Trinajstić information content (AvgIpc) is 2.01. The fourth-order valence-corrected chi connectivity index (χ4v) is 0.737. The molecule has 11 heavy (non-hydrogen) atoms. The molecule has 0 aromatic carbocycles. The highest BCUT2D eigenvalue weighted by atomic mass is 16.5. The number of carbonyl (C=O) groups is 3. The summed E-state index contributed by atoms with van der Waals surface area (Å²) < 4.78 is 4.55. The van der Waals surface area contributed by atoms with Crippen molar-refractivity contribution in [1.82, 2.24) is 0 Å². The van der Waals surface area contributed by atoms with E-state index in [0.717, 1.165) is 0 Å². The topological polar surface area (TPSA) is 80.7 Å². The lowest BCUT2D eigenvalue weighted by atomic mass is 10.1. The van der Waals surface area contributed by atoms with Crippen molar-refractivity contribution < 1.29 is 24.2 Å². The van der Waals surface area contributed by atoms with E-state index in [4.69, 9.17) is 5.11 Å². The summed E-state index contributed by atoms with van der Waals surface area (Å²) in [6.45, 7) is -0.965. The number of ether oxygens (including phenoxy) is 1. The van der Waals surface area contributed by atoms with Gasteiger partial charge in [0.15, 0.2) is 0 Å². The SMILES string of the molecule is O=C1COC(CO)C(=O)C1=O. The van der Waals surface area contributed by atoms with Gasteiger partial charge < -0.3 is 9.84 Å². The van der Waals surface area contributed by atoms with Crippen LogP contribution in [0.15, 0.2) is 0 Å². The standard InChI is InChI=1S/C6H6O5/c7-1-4-6(10)5(9)3(8)2-11-4/h4,7H,1-2H2. The Morgan fingerprint density at radius 2 is 2.09 bits per heavy atom. The fourth-order valence-electron chi connectivity index (χ4n) is 0.737. The Bertz CT molecular complexity index is 219. The lowest BCUT2D eigenvalue weighted by Crippen LogP contribution is -2.45. The minimum absolute atomic E-state index is 0.407. The maximum Gasteiger partial charge on any atom is 0.269 e. The van der Waals surface area contributed by atoms with Gasteiger partial charge in [-0.1, -0.05) is 0 Å². The molecule has 1 unspecified atom stereocenters. The fraction of sp³-hybridized carbons (Fsp3) is 0.500. The molecule has 1 N–H and O–H groups in total. The molecule has 5 heteroatoms. The van der Waals surface area contributed by atoms with E-state index in [1.807, 2.05) is 0 Å². The molecule has 0 amide bonds. The molecule has 1 fully saturated rings. The highest BCUT2D eigenvalue weighted by molar-refractivity contribution is 6.65. The van der Waals surface area contributed by atoms with E-state index in [0.29, 0.717) is 0 Å². The molecule has 60 valence electrons. The minimum Gasteiger partial charge on any atom is -0.393 e. The lowest BCUT2D eigenvalue weighted by Gasteiger charge is -2.16. The molecular formula is C6H6O5. The first kappa shape index (κ1) is 8.03. The largest absolute Gasteiger partial charge is 0.393 e. The molecule has 1 aliphatic heterocycles. The highest BCUT2D eigenvalue weighted by Crippen LogP contribution is 2.02. The van der Waals surface area contributed by atoms with E-state index in [1.54, 1.807) is 0 Å². The predicted octanol–water partition coefficient (Wildman–Crippen LogP) is -1.92. The Labute approximate surface area is 62.0 Å². The van der Waals surface area contributed by atoms with Crippen molar-refractivity contribution in [2.75, 3.05) is 13.2 Å². The molecule has 0 aromatic rings. The van der Waals surface area contributed by atoms with Crippen LogP contribution in [0, 0.1) is 0 Å². The van der Waals surface area contributed by atoms with Crippen molar-refractivity contribution in [2.24, 2.45) is 0 Å². The second-order valence-corrected chi connectivity index (χ2v) is 2.10. The van der Waals surface area contributed by atoms with E-state index in [1.165, 1.54) is 0 Å². The minimum atomic E-state index is -1.14. The van der Waals surface area contributed by atoms with Crippen LogP contribution in [0.5, 0.6) is 0 Å². The van der Waals surface area contributed by atoms with Crippen molar-refractivity contribution in [2.45, 2.75) is 6.10 Å². The first-order chi connectivity index (χ1) is 5.16. The van der Waals surface area contributed by atoms with Gasteiger partial charge in [-0.3, -0.25) is 14.4 Å². The smallest absolute Gasteiger partial charge is 0.269 e. The van der Waals surface area contributed by atoms with Gasteiger partial charge in [0, 0.05) is 0 Å². The van der Waals surface area contributed by atoms with Gasteiger partial charge in [-0.05, 0) is 0 Å². The van der Waals surface area contributed by atoms with Crippen LogP contribution in [-0.4, -0.2) is 41.8 Å². The summed E-state index contributed by atoms with van der Waals surface area (Å²) in [5, 5.41) is 8.46. The Morgan fingerprint density at radius 3 is 2.64 bits per heavy atom. The first-order valence-electron chi connectivity index (χ1n) is 3.00. The summed E-state index contributed by atoms with van der Waals surface area (Å²) in [6.07, 6.45) is -1.14. The van der Waals surface area contributed by atoms with Gasteiger partial charge in [0.05, 0.1) is 6.61 Å². The van der Waals surface area contributed by atoms with Crippen LogP contribution in [0.2, 0.25) is 0 Å². The zero-order chi connectivity index (χ0) is 8.43. The van der Waals surface area contributed by atoms with E-state index in [2.05, 4.69) is 4.74 Å². The van der Waals surface area contributed by atoms with Crippen molar-refractivity contribution in [3.05, 3.63) is 0 Å². The van der Waals surface area contributed by atoms with Crippen LogP contribution in [0.4, 0.5) is 0 Å². The summed E-state index contributed by atoms with van der Waals surface area (Å²) in [4.78, 5) is 31.8. The predicted molar refractivity (Wildman–Crippen MR) is 31.8 cm³/mol. The van der Waals surface area contributed by atoms with Crippen molar-refractivity contribution in [3.63, 3.8) is 0 Å². The Kier molecular flexibility index (Phi) is 2.11. The van der Waals surface area contributed by atoms with Gasteiger partial charge in [0.2, 0.25) is 11.6 Å². The third-order valence-electron chi connectivity index (χ3n) is 1.35. The number of rotatable bonds is 1. The zero-order valence-corrected chi connectivity index (χ0v) is 5.57. The molecule has 1 saturated heterocycles. The highest BCUT2D eigenvalue weighted by Gasteiger charge is 2.35. The molecule has 1 rings (SSSR count). The third-order valence-corrected chi connectivity index (χ3v) is 1.35. The third kappa shape index (κ3) is 1.33. The van der Waals surface area contributed by atoms with Gasteiger partial charge in [-0.2, -0.15) is 0 Å². The number of Topliss-reactive ketones (excluding diaryl/α,β-unsaturated/α-hetero) is 3. The monoisotopic (exact) mass is 158 g/mol. The Hall–Kier alpha value is -1.07. The quantitative estimate of drug-likeness (QED) is 0.450. The average molecular weight is 158 g/mol. The molecule has 5 nitrogen and oxygen atoms in total. The Morgan fingerprint density at radius 1 is 1.45 bits per heavy atom. The molecule has 1 heterocycles. The Balaban J connectivity index is 2.75. The summed E-state index contributed by atoms with van der Waals surface area (Å²) in [6, 6.07) is 0. The molecule has 0 aromatic heterocycles. The first-order valence-corrected chi connectivity index (χ1v) is 3.00. The van der Waals surface area contributed by atoms with E-state index in [-0.39, 0.29) is 0 Å². The maximum absolute atomic E-state index is 10.7. The number of hydrogen-bond donors (Lipinski definition) is 1. The van der Waals surface area contributed by atoms with Crippen molar-refractivity contribution >= 4 is 17.3 Å². The number of aliphatic hydroxyl groups is 1. The van der Waals surface area contributed by atoms with E-state index in [9.17, 15) is 14.4 Å². The van der Waals surface area contributed by atoms with Gasteiger partial charge in [0.1, 0.15) is 12.7 Å². The van der Waals surface area contributed by atoms with E-state index < -0.39 is 36.7 Å². The summed E-state index contributed by atoms with van der Waals surface area (Å²) in [5.74, 6) is -2.88. The van der Waals surface area contributed by atoms with Crippen LogP contribution < -0.4 is 0 Å². The van der Waals surface area contributed by atoms with Crippen LogP contribution in [0.25, 0.3) is 0 Å². The van der Waals surface area contributed by atoms with Gasteiger partial charge in [-0.15, -0.1) is 0 Å². The molecule has 0 saturated carbocycles. The molecule has 1 atom stereocenters. The lowest BCUT2D eigenvalue weighted by molar-refractivity contribution is -0.158. The second-order valence-electron chi connectivity index (χ2n) is 2.10. The molecule has 0 aliphatic carbocycles. The van der Waals surface area contributed by atoms with Crippen molar-refractivity contribution in [3.8, 4) is 0 Å². The second kappa shape index (κ2) is 2.89. The number of aliphatic hydroxyl groups excluding tert-OH is 1. The maximum atomic E-state index is 10.7. The molecular weight excluding hydrogens is 152 g/mol. The van der Waals surface area contributed by atoms with Gasteiger partial charge >= 0.3 is 0 Å². The molecule has 0 spiro atoms. The summed E-state index contributed by atoms with van der Waals surface area (Å²) in [7, 11) is 0. The van der Waals surface area contributed by atoms with E-state index >= 15 is 0 Å². The number of hydrogen-bond acceptors (Lipinski definition) is 5. The van der Waals surface area contributed by atoms with Crippen LogP contribution in [0.3, 0.4) is 0 Å². The van der Waals surface area contributed by atoms with Crippen LogP contribution >= 0.6 is 0 Å². The zero-order valence-electron chi connectivity index (χ0n) is 5.57.